The van der Waals surface area contributed by atoms with Crippen LogP contribution in [0.4, 0.5) is 0 Å². The number of ether oxygens (including phenoxy) is 1. The number of rotatable bonds is 5. The number of aliphatic hydroxyl groups is 1. The molecule has 2 saturated heterocycles. The van der Waals surface area contributed by atoms with Gasteiger partial charge in [0.2, 0.25) is 0 Å². The van der Waals surface area contributed by atoms with Crippen LogP contribution in [0.25, 0.3) is 0 Å². The lowest BCUT2D eigenvalue weighted by Gasteiger charge is -2.42. The largest absolute Gasteiger partial charge is 0.394 e. The molecule has 0 amide bonds. The van der Waals surface area contributed by atoms with Crippen molar-refractivity contribution in [2.75, 3.05) is 13.2 Å². The van der Waals surface area contributed by atoms with Gasteiger partial charge in [-0.3, -0.25) is 4.90 Å². The van der Waals surface area contributed by atoms with Gasteiger partial charge in [-0.1, -0.05) is 44.2 Å². The third-order valence-electron chi connectivity index (χ3n) is 5.24. The highest BCUT2D eigenvalue weighted by molar-refractivity contribution is 6.00. The zero-order chi connectivity index (χ0) is 20.6. The van der Waals surface area contributed by atoms with Crippen molar-refractivity contribution < 1.29 is 9.84 Å². The molecule has 4 unspecified atom stereocenters. The number of nitrogens with one attached hydrogen (secondary N) is 1. The minimum Gasteiger partial charge on any atom is -0.394 e. The SMILES string of the molecule is CC.NCC1=NC=NC2CC1NC(=NCc1ccccc1)N2C1CCC(CO)O1. The van der Waals surface area contributed by atoms with E-state index in [9.17, 15) is 5.11 Å². The fourth-order valence-corrected chi connectivity index (χ4v) is 3.81. The van der Waals surface area contributed by atoms with Gasteiger partial charge in [-0.05, 0) is 18.4 Å². The van der Waals surface area contributed by atoms with E-state index in [1.165, 1.54) is 0 Å². The molecular formula is C21H32N6O2. The number of nitrogens with two attached hydrogens (primary N) is 1. The van der Waals surface area contributed by atoms with Gasteiger partial charge in [-0.15, -0.1) is 0 Å². The summed E-state index contributed by atoms with van der Waals surface area (Å²) in [5, 5.41) is 12.9. The lowest BCUT2D eigenvalue weighted by atomic mass is 10.0. The van der Waals surface area contributed by atoms with Crippen molar-refractivity contribution in [3.05, 3.63) is 35.9 Å². The van der Waals surface area contributed by atoms with Crippen LogP contribution in [0.1, 0.15) is 38.7 Å². The fraction of sp³-hybridized carbons (Fsp3) is 0.571. The van der Waals surface area contributed by atoms with Crippen molar-refractivity contribution in [2.45, 2.75) is 64.2 Å². The summed E-state index contributed by atoms with van der Waals surface area (Å²) in [4.78, 5) is 16.0. The molecule has 0 aliphatic carbocycles. The van der Waals surface area contributed by atoms with Gasteiger partial charge >= 0.3 is 0 Å². The molecular weight excluding hydrogens is 368 g/mol. The van der Waals surface area contributed by atoms with E-state index >= 15 is 0 Å². The molecule has 4 atom stereocenters. The summed E-state index contributed by atoms with van der Waals surface area (Å²) in [5.41, 5.74) is 7.89. The molecule has 8 heteroatoms. The number of nitrogens with zero attached hydrogens (tertiary/aromatic N) is 4. The Morgan fingerprint density at radius 3 is 2.76 bits per heavy atom. The van der Waals surface area contributed by atoms with Crippen LogP contribution >= 0.6 is 0 Å². The molecule has 3 heterocycles. The minimum atomic E-state index is -0.160. The normalized spacial score (nSPS) is 29.6. The van der Waals surface area contributed by atoms with Gasteiger partial charge in [-0.2, -0.15) is 0 Å². The van der Waals surface area contributed by atoms with Crippen LogP contribution < -0.4 is 11.1 Å². The summed E-state index contributed by atoms with van der Waals surface area (Å²) in [6, 6.07) is 10.2. The Morgan fingerprint density at radius 2 is 2.07 bits per heavy atom. The summed E-state index contributed by atoms with van der Waals surface area (Å²) in [5.74, 6) is 0.754. The van der Waals surface area contributed by atoms with Gasteiger partial charge in [-0.25, -0.2) is 15.0 Å². The van der Waals surface area contributed by atoms with Crippen molar-refractivity contribution >= 4 is 18.0 Å². The van der Waals surface area contributed by atoms with Crippen LogP contribution in [0.5, 0.6) is 0 Å². The van der Waals surface area contributed by atoms with E-state index in [0.717, 1.165) is 36.5 Å². The average molecular weight is 401 g/mol. The fourth-order valence-electron chi connectivity index (χ4n) is 3.81. The standard InChI is InChI=1S/C19H26N6O2.C2H6/c20-9-16-15-8-17(23-12-22-16)25(18-7-6-14(11-26)27-18)19(24-15)21-10-13-4-2-1-3-5-13;1-2/h1-5,12,14-15,17-18,26H,6-11,20H2,(H,21,24);1-2H3. The third kappa shape index (κ3) is 5.01. The number of guanidine groups is 1. The second kappa shape index (κ2) is 10.5. The second-order valence-electron chi connectivity index (χ2n) is 7.01. The first-order valence-corrected chi connectivity index (χ1v) is 10.5. The Labute approximate surface area is 172 Å². The molecule has 2 bridgehead atoms. The monoisotopic (exact) mass is 400 g/mol. The molecule has 4 N–H and O–H groups in total. The van der Waals surface area contributed by atoms with Gasteiger partial charge in [0, 0.05) is 13.0 Å². The van der Waals surface area contributed by atoms with Gasteiger partial charge in [0.1, 0.15) is 18.7 Å². The van der Waals surface area contributed by atoms with Crippen LogP contribution in [-0.4, -0.2) is 65.7 Å². The van der Waals surface area contributed by atoms with Crippen LogP contribution in [-0.2, 0) is 11.3 Å². The first-order valence-electron chi connectivity index (χ1n) is 10.5. The summed E-state index contributed by atoms with van der Waals surface area (Å²) >= 11 is 0. The molecule has 0 aromatic heterocycles. The molecule has 4 rings (SSSR count). The summed E-state index contributed by atoms with van der Waals surface area (Å²) in [6.07, 6.45) is 3.62. The number of hydrogen-bond donors (Lipinski definition) is 3. The maximum atomic E-state index is 9.44. The Hall–Kier alpha value is -2.29. The first-order chi connectivity index (χ1) is 14.3. The molecule has 0 spiro atoms. The zero-order valence-electron chi connectivity index (χ0n) is 17.2. The number of hydrogen-bond acceptors (Lipinski definition) is 6. The molecule has 8 nitrogen and oxygen atoms in total. The number of aliphatic hydroxyl groups excluding tert-OH is 1. The smallest absolute Gasteiger partial charge is 0.198 e. The molecule has 2 fully saturated rings. The van der Waals surface area contributed by atoms with Crippen molar-refractivity contribution in [1.82, 2.24) is 10.2 Å². The second-order valence-corrected chi connectivity index (χ2v) is 7.01. The quantitative estimate of drug-likeness (QED) is 0.694. The topological polar surface area (TPSA) is 108 Å². The van der Waals surface area contributed by atoms with E-state index in [1.807, 2.05) is 32.0 Å². The van der Waals surface area contributed by atoms with Gasteiger partial charge in [0.15, 0.2) is 5.96 Å². The van der Waals surface area contributed by atoms with Crippen LogP contribution in [0.2, 0.25) is 0 Å². The molecule has 29 heavy (non-hydrogen) atoms. The Bertz CT molecular complexity index is 736. The lowest BCUT2D eigenvalue weighted by molar-refractivity contribution is -0.0591. The Kier molecular flexibility index (Phi) is 7.74. The van der Waals surface area contributed by atoms with E-state index in [2.05, 4.69) is 32.3 Å². The third-order valence-corrected chi connectivity index (χ3v) is 5.24. The summed E-state index contributed by atoms with van der Waals surface area (Å²) in [7, 11) is 0. The maximum Gasteiger partial charge on any atom is 0.198 e. The minimum absolute atomic E-state index is 0.0170. The van der Waals surface area contributed by atoms with Crippen molar-refractivity contribution in [2.24, 2.45) is 20.7 Å². The van der Waals surface area contributed by atoms with E-state index in [1.54, 1.807) is 6.34 Å². The molecule has 1 aromatic rings. The molecule has 3 aliphatic heterocycles. The molecule has 0 saturated carbocycles. The average Bonchev–Trinajstić information content (AvgIpc) is 3.19. The predicted molar refractivity (Wildman–Crippen MR) is 116 cm³/mol. The Balaban J connectivity index is 0.00000117. The zero-order valence-corrected chi connectivity index (χ0v) is 17.2. The van der Waals surface area contributed by atoms with Crippen molar-refractivity contribution in [3.63, 3.8) is 0 Å². The molecule has 1 aromatic carbocycles. The first kappa shape index (κ1) is 21.4. The molecule has 0 radical (unpaired) electrons. The van der Waals surface area contributed by atoms with Crippen LogP contribution in [0.15, 0.2) is 45.3 Å². The maximum absolute atomic E-state index is 9.44. The van der Waals surface area contributed by atoms with E-state index < -0.39 is 0 Å². The lowest BCUT2D eigenvalue weighted by Crippen LogP contribution is -2.62. The number of fused-ring (bicyclic) bond motifs is 2. The number of benzene rings is 1. The van der Waals surface area contributed by atoms with Crippen LogP contribution in [0.3, 0.4) is 0 Å². The van der Waals surface area contributed by atoms with E-state index in [4.69, 9.17) is 15.5 Å². The van der Waals surface area contributed by atoms with Crippen molar-refractivity contribution in [1.29, 1.82) is 0 Å². The van der Waals surface area contributed by atoms with Gasteiger partial charge < -0.3 is 20.9 Å². The molecule has 158 valence electrons. The highest BCUT2D eigenvalue weighted by Crippen LogP contribution is 2.29. The predicted octanol–water partition coefficient (Wildman–Crippen LogP) is 1.50. The molecule has 3 aliphatic rings. The number of aliphatic imine (C=N–C) groups is 3. The summed E-state index contributed by atoms with van der Waals surface area (Å²) in [6.45, 7) is 4.98. The van der Waals surface area contributed by atoms with E-state index in [-0.39, 0.29) is 31.1 Å². The van der Waals surface area contributed by atoms with Crippen molar-refractivity contribution in [3.8, 4) is 0 Å². The van der Waals surface area contributed by atoms with Crippen LogP contribution in [0, 0.1) is 0 Å². The van der Waals surface area contributed by atoms with Gasteiger partial charge in [0.05, 0.1) is 31.0 Å². The highest BCUT2D eigenvalue weighted by atomic mass is 16.5. The van der Waals surface area contributed by atoms with E-state index in [0.29, 0.717) is 13.1 Å². The Morgan fingerprint density at radius 1 is 1.28 bits per heavy atom. The summed E-state index contributed by atoms with van der Waals surface area (Å²) < 4.78 is 6.04. The highest BCUT2D eigenvalue weighted by Gasteiger charge is 2.41. The van der Waals surface area contributed by atoms with Gasteiger partial charge in [0.25, 0.3) is 0 Å².